The Morgan fingerprint density at radius 1 is 1.47 bits per heavy atom. The van der Waals surface area contributed by atoms with Crippen LogP contribution >= 0.6 is 12.2 Å². The zero-order chi connectivity index (χ0) is 11.1. The zero-order valence-electron chi connectivity index (χ0n) is 8.04. The standard InChI is InChI=1S/C8H12F2N4S/c9-8(10)3-1-5(2-4-8)6-12-13-7(15)14(6)11/h5H,1-4,11H2,(H,13,15). The summed E-state index contributed by atoms with van der Waals surface area (Å²) in [5.74, 6) is 3.68. The fourth-order valence-corrected chi connectivity index (χ4v) is 2.04. The molecule has 1 saturated carbocycles. The van der Waals surface area contributed by atoms with Crippen molar-refractivity contribution in [3.8, 4) is 0 Å². The van der Waals surface area contributed by atoms with Crippen LogP contribution in [0.2, 0.25) is 0 Å². The molecule has 3 N–H and O–H groups in total. The molecule has 0 unspecified atom stereocenters. The van der Waals surface area contributed by atoms with Crippen LogP contribution in [0.25, 0.3) is 0 Å². The third-order valence-electron chi connectivity index (χ3n) is 2.81. The van der Waals surface area contributed by atoms with Gasteiger partial charge in [-0.15, -0.1) is 0 Å². The molecule has 7 heteroatoms. The number of nitrogens with zero attached hydrogens (tertiary/aromatic N) is 2. The molecule has 0 aliphatic heterocycles. The minimum Gasteiger partial charge on any atom is -0.335 e. The van der Waals surface area contributed by atoms with Gasteiger partial charge in [0.1, 0.15) is 0 Å². The Morgan fingerprint density at radius 2 is 2.07 bits per heavy atom. The van der Waals surface area contributed by atoms with Gasteiger partial charge in [-0.2, -0.15) is 5.10 Å². The van der Waals surface area contributed by atoms with Gasteiger partial charge in [0.25, 0.3) is 0 Å². The number of hydrogen-bond acceptors (Lipinski definition) is 3. The van der Waals surface area contributed by atoms with Gasteiger partial charge in [0.2, 0.25) is 10.7 Å². The lowest BCUT2D eigenvalue weighted by Gasteiger charge is -2.27. The molecule has 1 aromatic rings. The average Bonchev–Trinajstić information content (AvgIpc) is 2.49. The van der Waals surface area contributed by atoms with Gasteiger partial charge >= 0.3 is 0 Å². The van der Waals surface area contributed by atoms with Crippen molar-refractivity contribution in [2.24, 2.45) is 0 Å². The van der Waals surface area contributed by atoms with Crippen LogP contribution in [0.15, 0.2) is 0 Å². The molecular weight excluding hydrogens is 222 g/mol. The van der Waals surface area contributed by atoms with E-state index in [0.717, 1.165) is 0 Å². The van der Waals surface area contributed by atoms with Crippen molar-refractivity contribution in [3.05, 3.63) is 10.6 Å². The van der Waals surface area contributed by atoms with Crippen molar-refractivity contribution in [3.63, 3.8) is 0 Å². The number of nitrogens with one attached hydrogen (secondary N) is 1. The van der Waals surface area contributed by atoms with Crippen LogP contribution in [-0.4, -0.2) is 20.8 Å². The maximum absolute atomic E-state index is 12.9. The average molecular weight is 234 g/mol. The predicted molar refractivity (Wildman–Crippen MR) is 53.7 cm³/mol. The van der Waals surface area contributed by atoms with Crippen molar-refractivity contribution in [2.45, 2.75) is 37.5 Å². The number of nitrogen functional groups attached to an aromatic ring is 1. The molecule has 0 saturated heterocycles. The first kappa shape index (κ1) is 10.5. The first-order chi connectivity index (χ1) is 6.99. The Kier molecular flexibility index (Phi) is 2.49. The monoisotopic (exact) mass is 234 g/mol. The Hall–Kier alpha value is -0.980. The minimum absolute atomic E-state index is 0.0115. The van der Waals surface area contributed by atoms with E-state index in [-0.39, 0.29) is 18.8 Å². The van der Waals surface area contributed by atoms with Gasteiger partial charge in [-0.1, -0.05) is 0 Å². The third-order valence-corrected chi connectivity index (χ3v) is 3.10. The summed E-state index contributed by atoms with van der Waals surface area (Å²) in [6.45, 7) is 0. The van der Waals surface area contributed by atoms with E-state index < -0.39 is 5.92 Å². The Labute approximate surface area is 90.4 Å². The SMILES string of the molecule is Nn1c(C2CCC(F)(F)CC2)n[nH]c1=S. The third kappa shape index (κ3) is 2.01. The van der Waals surface area contributed by atoms with E-state index in [2.05, 4.69) is 10.2 Å². The van der Waals surface area contributed by atoms with E-state index in [1.807, 2.05) is 0 Å². The fraction of sp³-hybridized carbons (Fsp3) is 0.750. The summed E-state index contributed by atoms with van der Waals surface area (Å²) in [5.41, 5.74) is 0. The highest BCUT2D eigenvalue weighted by Gasteiger charge is 2.36. The first-order valence-corrected chi connectivity index (χ1v) is 5.21. The summed E-state index contributed by atoms with van der Waals surface area (Å²) in [4.78, 5) is 0. The molecule has 4 nitrogen and oxygen atoms in total. The highest BCUT2D eigenvalue weighted by Crippen LogP contribution is 2.39. The quantitative estimate of drug-likeness (QED) is 0.576. The molecule has 0 atom stereocenters. The predicted octanol–water partition coefficient (Wildman–Crippen LogP) is 1.95. The molecule has 84 valence electrons. The van der Waals surface area contributed by atoms with Crippen LogP contribution < -0.4 is 5.84 Å². The molecule has 1 aromatic heterocycles. The van der Waals surface area contributed by atoms with Gasteiger partial charge in [0.15, 0.2) is 5.82 Å². The van der Waals surface area contributed by atoms with Crippen molar-refractivity contribution in [1.82, 2.24) is 14.9 Å². The number of hydrogen-bond donors (Lipinski definition) is 2. The van der Waals surface area contributed by atoms with E-state index in [4.69, 9.17) is 18.1 Å². The fourth-order valence-electron chi connectivity index (χ4n) is 1.90. The molecule has 0 radical (unpaired) electrons. The summed E-state index contributed by atoms with van der Waals surface area (Å²) >= 11 is 4.86. The molecule has 0 amide bonds. The number of aromatic amines is 1. The molecule has 1 heterocycles. The number of H-pyrrole nitrogens is 1. The second kappa shape index (κ2) is 3.55. The Balaban J connectivity index is 2.14. The lowest BCUT2D eigenvalue weighted by molar-refractivity contribution is -0.0389. The second-order valence-electron chi connectivity index (χ2n) is 3.89. The highest BCUT2D eigenvalue weighted by molar-refractivity contribution is 7.71. The summed E-state index contributed by atoms with van der Waals surface area (Å²) in [7, 11) is 0. The van der Waals surface area contributed by atoms with Crippen LogP contribution in [0, 0.1) is 4.77 Å². The summed E-state index contributed by atoms with van der Waals surface area (Å²) in [5, 5.41) is 6.52. The summed E-state index contributed by atoms with van der Waals surface area (Å²) in [6, 6.07) is 0. The van der Waals surface area contributed by atoms with Crippen molar-refractivity contribution < 1.29 is 8.78 Å². The second-order valence-corrected chi connectivity index (χ2v) is 4.27. The van der Waals surface area contributed by atoms with Crippen LogP contribution in [-0.2, 0) is 0 Å². The Bertz CT molecular complexity index is 401. The summed E-state index contributed by atoms with van der Waals surface area (Å²) < 4.78 is 27.4. The van der Waals surface area contributed by atoms with Gasteiger partial charge in [-0.25, -0.2) is 13.5 Å². The number of rotatable bonds is 1. The molecule has 1 aliphatic rings. The largest absolute Gasteiger partial charge is 0.335 e. The molecular formula is C8H12F2N4S. The van der Waals surface area contributed by atoms with E-state index in [1.54, 1.807) is 0 Å². The first-order valence-electron chi connectivity index (χ1n) is 4.80. The van der Waals surface area contributed by atoms with Gasteiger partial charge in [0.05, 0.1) is 0 Å². The lowest BCUT2D eigenvalue weighted by Crippen LogP contribution is -2.26. The minimum atomic E-state index is -2.52. The molecule has 0 spiro atoms. The van der Waals surface area contributed by atoms with Gasteiger partial charge < -0.3 is 5.84 Å². The molecule has 0 bridgehead atoms. The Morgan fingerprint density at radius 3 is 2.53 bits per heavy atom. The smallest absolute Gasteiger partial charge is 0.248 e. The number of aromatic nitrogens is 3. The molecule has 1 fully saturated rings. The molecule has 15 heavy (non-hydrogen) atoms. The number of nitrogens with two attached hydrogens (primary N) is 1. The number of halogens is 2. The zero-order valence-corrected chi connectivity index (χ0v) is 8.86. The number of alkyl halides is 2. The topological polar surface area (TPSA) is 59.6 Å². The van der Waals surface area contributed by atoms with Gasteiger partial charge in [0, 0.05) is 18.8 Å². The van der Waals surface area contributed by atoms with Crippen molar-refractivity contribution in [2.75, 3.05) is 5.84 Å². The van der Waals surface area contributed by atoms with Crippen LogP contribution in [0.4, 0.5) is 8.78 Å². The van der Waals surface area contributed by atoms with E-state index in [0.29, 0.717) is 23.4 Å². The normalized spacial score (nSPS) is 21.7. The van der Waals surface area contributed by atoms with Crippen molar-refractivity contribution >= 4 is 12.2 Å². The van der Waals surface area contributed by atoms with Crippen molar-refractivity contribution in [1.29, 1.82) is 0 Å². The van der Waals surface area contributed by atoms with Crippen LogP contribution in [0.3, 0.4) is 0 Å². The molecule has 0 aromatic carbocycles. The summed E-state index contributed by atoms with van der Waals surface area (Å²) in [6.07, 6.45) is 0.613. The van der Waals surface area contributed by atoms with Crippen LogP contribution in [0.1, 0.15) is 37.4 Å². The van der Waals surface area contributed by atoms with Gasteiger partial charge in [-0.05, 0) is 25.1 Å². The molecule has 2 rings (SSSR count). The van der Waals surface area contributed by atoms with E-state index >= 15 is 0 Å². The van der Waals surface area contributed by atoms with E-state index in [9.17, 15) is 8.78 Å². The van der Waals surface area contributed by atoms with Gasteiger partial charge in [-0.3, -0.25) is 5.10 Å². The van der Waals surface area contributed by atoms with E-state index in [1.165, 1.54) is 4.68 Å². The highest BCUT2D eigenvalue weighted by atomic mass is 32.1. The molecule has 1 aliphatic carbocycles. The maximum atomic E-state index is 12.9. The van der Waals surface area contributed by atoms with Crippen LogP contribution in [0.5, 0.6) is 0 Å². The maximum Gasteiger partial charge on any atom is 0.248 e. The lowest BCUT2D eigenvalue weighted by atomic mass is 9.86.